The molecule has 2 rings (SSSR count). The average molecular weight is 310 g/mol. The van der Waals surface area contributed by atoms with Gasteiger partial charge in [-0.2, -0.15) is 0 Å². The van der Waals surface area contributed by atoms with Gasteiger partial charge in [-0.25, -0.2) is 0 Å². The van der Waals surface area contributed by atoms with E-state index in [2.05, 4.69) is 75.2 Å². The van der Waals surface area contributed by atoms with Crippen LogP contribution >= 0.6 is 0 Å². The monoisotopic (exact) mass is 310 g/mol. The molecule has 0 radical (unpaired) electrons. The Balaban J connectivity index is 2.38. The van der Waals surface area contributed by atoms with Gasteiger partial charge in [-0.15, -0.1) is 0 Å². The van der Waals surface area contributed by atoms with Crippen LogP contribution in [-0.2, 0) is 12.8 Å². The summed E-state index contributed by atoms with van der Waals surface area (Å²) in [6.45, 7) is 7.45. The fraction of sp³-hybridized carbons (Fsp3) is 0.429. The minimum absolute atomic E-state index is 0.533. The lowest BCUT2D eigenvalue weighted by Crippen LogP contribution is -2.29. The third kappa shape index (κ3) is 4.14. The van der Waals surface area contributed by atoms with E-state index in [4.69, 9.17) is 5.73 Å². The summed E-state index contributed by atoms with van der Waals surface area (Å²) in [5.74, 6) is 0. The van der Waals surface area contributed by atoms with Gasteiger partial charge in [0.25, 0.3) is 0 Å². The number of anilines is 1. The van der Waals surface area contributed by atoms with E-state index in [1.807, 2.05) is 0 Å². The van der Waals surface area contributed by atoms with Gasteiger partial charge in [0.05, 0.1) is 0 Å². The standard InChI is InChI=1S/C21H30N2/c1-5-16(2)23(4)21-12-11-19(17(3)20(21)13-14-22)15-18-9-7-6-8-10-18/h6-12,16H,5,13-15,22H2,1-4H3. The lowest BCUT2D eigenvalue weighted by Gasteiger charge is -2.30. The van der Waals surface area contributed by atoms with Crippen LogP contribution in [0.2, 0.25) is 0 Å². The van der Waals surface area contributed by atoms with Crippen LogP contribution in [0.5, 0.6) is 0 Å². The molecular formula is C21H30N2. The van der Waals surface area contributed by atoms with Crippen molar-refractivity contribution in [2.24, 2.45) is 5.73 Å². The maximum Gasteiger partial charge on any atom is 0.0401 e. The summed E-state index contributed by atoms with van der Waals surface area (Å²) in [6, 6.07) is 15.8. The van der Waals surface area contributed by atoms with E-state index in [1.165, 1.54) is 27.9 Å². The van der Waals surface area contributed by atoms with Gasteiger partial charge in [0.1, 0.15) is 0 Å². The molecule has 2 aromatic rings. The highest BCUT2D eigenvalue weighted by Gasteiger charge is 2.15. The normalized spacial score (nSPS) is 12.2. The molecule has 0 spiro atoms. The quantitative estimate of drug-likeness (QED) is 0.825. The number of nitrogens with zero attached hydrogens (tertiary/aromatic N) is 1. The first-order valence-electron chi connectivity index (χ1n) is 8.66. The summed E-state index contributed by atoms with van der Waals surface area (Å²) in [5, 5.41) is 0. The Hall–Kier alpha value is -1.80. The van der Waals surface area contributed by atoms with Crippen molar-refractivity contribution in [3.8, 4) is 0 Å². The largest absolute Gasteiger partial charge is 0.372 e. The van der Waals surface area contributed by atoms with E-state index in [-0.39, 0.29) is 0 Å². The molecule has 0 fully saturated rings. The Labute approximate surface area is 141 Å². The molecule has 0 heterocycles. The Morgan fingerprint density at radius 1 is 1.09 bits per heavy atom. The first kappa shape index (κ1) is 17.6. The van der Waals surface area contributed by atoms with Crippen LogP contribution in [0.1, 0.15) is 42.5 Å². The topological polar surface area (TPSA) is 29.3 Å². The van der Waals surface area contributed by atoms with Crippen molar-refractivity contribution < 1.29 is 0 Å². The molecule has 0 aliphatic heterocycles. The van der Waals surface area contributed by atoms with Gasteiger partial charge >= 0.3 is 0 Å². The second kappa shape index (κ2) is 8.16. The second-order valence-corrected chi connectivity index (χ2v) is 6.42. The van der Waals surface area contributed by atoms with Crippen LogP contribution in [0.4, 0.5) is 5.69 Å². The SMILES string of the molecule is CCC(C)N(C)c1ccc(Cc2ccccc2)c(C)c1CCN. The predicted octanol–water partition coefficient (Wildman–Crippen LogP) is 4.32. The van der Waals surface area contributed by atoms with Gasteiger partial charge in [0.15, 0.2) is 0 Å². The number of nitrogens with two attached hydrogens (primary N) is 1. The number of benzene rings is 2. The Kier molecular flexibility index (Phi) is 6.23. The number of hydrogen-bond acceptors (Lipinski definition) is 2. The molecule has 1 unspecified atom stereocenters. The van der Waals surface area contributed by atoms with Gasteiger partial charge in [0.2, 0.25) is 0 Å². The molecule has 0 aromatic heterocycles. The van der Waals surface area contributed by atoms with Crippen molar-refractivity contribution in [1.82, 2.24) is 0 Å². The fourth-order valence-corrected chi connectivity index (χ4v) is 3.10. The minimum atomic E-state index is 0.533. The Morgan fingerprint density at radius 3 is 2.39 bits per heavy atom. The van der Waals surface area contributed by atoms with Crippen LogP contribution in [0, 0.1) is 6.92 Å². The van der Waals surface area contributed by atoms with Crippen molar-refractivity contribution in [1.29, 1.82) is 0 Å². The maximum absolute atomic E-state index is 5.89. The summed E-state index contributed by atoms with van der Waals surface area (Å²) in [4.78, 5) is 2.39. The molecule has 0 amide bonds. The van der Waals surface area contributed by atoms with Gasteiger partial charge < -0.3 is 10.6 Å². The molecule has 23 heavy (non-hydrogen) atoms. The summed E-state index contributed by atoms with van der Waals surface area (Å²) in [7, 11) is 2.19. The van der Waals surface area contributed by atoms with E-state index in [9.17, 15) is 0 Å². The highest BCUT2D eigenvalue weighted by Crippen LogP contribution is 2.29. The van der Waals surface area contributed by atoms with Crippen LogP contribution in [0.25, 0.3) is 0 Å². The first-order chi connectivity index (χ1) is 11.1. The lowest BCUT2D eigenvalue weighted by molar-refractivity contribution is 0.660. The Morgan fingerprint density at radius 2 is 1.78 bits per heavy atom. The summed E-state index contributed by atoms with van der Waals surface area (Å²) in [6.07, 6.45) is 3.06. The molecule has 0 aliphatic rings. The lowest BCUT2D eigenvalue weighted by atomic mass is 9.93. The zero-order valence-electron chi connectivity index (χ0n) is 15.0. The highest BCUT2D eigenvalue weighted by atomic mass is 15.1. The van der Waals surface area contributed by atoms with Gasteiger partial charge in [-0.1, -0.05) is 43.3 Å². The number of rotatable bonds is 7. The zero-order chi connectivity index (χ0) is 16.8. The fourth-order valence-electron chi connectivity index (χ4n) is 3.10. The van der Waals surface area contributed by atoms with E-state index in [0.29, 0.717) is 12.6 Å². The summed E-state index contributed by atoms with van der Waals surface area (Å²) < 4.78 is 0. The van der Waals surface area contributed by atoms with E-state index >= 15 is 0 Å². The second-order valence-electron chi connectivity index (χ2n) is 6.42. The molecule has 2 N–H and O–H groups in total. The molecule has 1 atom stereocenters. The molecule has 0 bridgehead atoms. The molecule has 2 nitrogen and oxygen atoms in total. The average Bonchev–Trinajstić information content (AvgIpc) is 2.58. The van der Waals surface area contributed by atoms with Crippen LogP contribution in [-0.4, -0.2) is 19.6 Å². The van der Waals surface area contributed by atoms with Gasteiger partial charge in [0, 0.05) is 18.8 Å². The summed E-state index contributed by atoms with van der Waals surface area (Å²) in [5.41, 5.74) is 12.8. The third-order valence-corrected chi connectivity index (χ3v) is 4.95. The van der Waals surface area contributed by atoms with Gasteiger partial charge in [-0.3, -0.25) is 0 Å². The number of hydrogen-bond donors (Lipinski definition) is 1. The molecule has 0 saturated carbocycles. The molecular weight excluding hydrogens is 280 g/mol. The van der Waals surface area contributed by atoms with Crippen molar-refractivity contribution in [3.63, 3.8) is 0 Å². The first-order valence-corrected chi connectivity index (χ1v) is 8.66. The maximum atomic E-state index is 5.89. The molecule has 0 saturated heterocycles. The van der Waals surface area contributed by atoms with E-state index in [1.54, 1.807) is 0 Å². The van der Waals surface area contributed by atoms with Gasteiger partial charge in [-0.05, 0) is 68.0 Å². The van der Waals surface area contributed by atoms with Crippen LogP contribution < -0.4 is 10.6 Å². The predicted molar refractivity (Wildman–Crippen MR) is 101 cm³/mol. The Bertz CT molecular complexity index is 619. The zero-order valence-corrected chi connectivity index (χ0v) is 15.0. The van der Waals surface area contributed by atoms with Crippen LogP contribution in [0.3, 0.4) is 0 Å². The molecule has 124 valence electrons. The minimum Gasteiger partial charge on any atom is -0.372 e. The smallest absolute Gasteiger partial charge is 0.0401 e. The highest BCUT2D eigenvalue weighted by molar-refractivity contribution is 5.59. The molecule has 0 aliphatic carbocycles. The molecule has 2 heteroatoms. The van der Waals surface area contributed by atoms with Crippen LogP contribution in [0.15, 0.2) is 42.5 Å². The molecule has 2 aromatic carbocycles. The van der Waals surface area contributed by atoms with E-state index in [0.717, 1.165) is 19.3 Å². The van der Waals surface area contributed by atoms with Crippen molar-refractivity contribution >= 4 is 5.69 Å². The summed E-state index contributed by atoms with van der Waals surface area (Å²) >= 11 is 0. The van der Waals surface area contributed by atoms with Crippen molar-refractivity contribution in [2.75, 3.05) is 18.5 Å². The third-order valence-electron chi connectivity index (χ3n) is 4.95. The van der Waals surface area contributed by atoms with Crippen molar-refractivity contribution in [3.05, 3.63) is 64.7 Å². The van der Waals surface area contributed by atoms with Crippen molar-refractivity contribution in [2.45, 2.75) is 46.1 Å². The van der Waals surface area contributed by atoms with E-state index < -0.39 is 0 Å².